The number of rotatable bonds is 7. The molecule has 0 spiro atoms. The van der Waals surface area contributed by atoms with E-state index in [2.05, 4.69) is 4.90 Å². The quantitative estimate of drug-likeness (QED) is 0.621. The van der Waals surface area contributed by atoms with Crippen molar-refractivity contribution in [3.8, 4) is 0 Å². The zero-order valence-corrected chi connectivity index (χ0v) is 18.8. The maximum atomic E-state index is 13.6. The van der Waals surface area contributed by atoms with Crippen LogP contribution in [0.2, 0.25) is 0 Å². The number of sulfonamides is 1. The average molecular weight is 455 g/mol. The van der Waals surface area contributed by atoms with Crippen molar-refractivity contribution in [1.82, 2.24) is 9.21 Å². The van der Waals surface area contributed by atoms with E-state index in [4.69, 9.17) is 4.74 Å². The van der Waals surface area contributed by atoms with Gasteiger partial charge in [0.15, 0.2) is 9.84 Å². The molecule has 30 heavy (non-hydrogen) atoms. The van der Waals surface area contributed by atoms with Gasteiger partial charge in [-0.25, -0.2) is 16.8 Å². The number of morpholine rings is 1. The molecule has 1 aliphatic carbocycles. The van der Waals surface area contributed by atoms with E-state index in [1.54, 1.807) is 6.08 Å². The number of hydrogen-bond acceptors (Lipinski definition) is 6. The van der Waals surface area contributed by atoms with Gasteiger partial charge < -0.3 is 4.74 Å². The van der Waals surface area contributed by atoms with Crippen LogP contribution in [0.5, 0.6) is 0 Å². The third-order valence-electron chi connectivity index (χ3n) is 6.22. The van der Waals surface area contributed by atoms with Gasteiger partial charge in [-0.3, -0.25) is 4.90 Å². The summed E-state index contributed by atoms with van der Waals surface area (Å²) >= 11 is 0. The van der Waals surface area contributed by atoms with Gasteiger partial charge in [-0.1, -0.05) is 24.3 Å². The molecule has 0 radical (unpaired) electrons. The van der Waals surface area contributed by atoms with Gasteiger partial charge >= 0.3 is 0 Å². The van der Waals surface area contributed by atoms with E-state index in [9.17, 15) is 16.8 Å². The SMILES string of the molecule is O=S1(=O)CCC(N(CCCN2CCOCC2)S(=O)(=O)C2=Cc3ccccc3CC2)C1. The molecule has 9 heteroatoms. The van der Waals surface area contributed by atoms with Crippen molar-refractivity contribution in [3.05, 3.63) is 40.3 Å². The molecule has 2 heterocycles. The number of hydrogen-bond donors (Lipinski definition) is 0. The Bertz CT molecular complexity index is 998. The molecule has 0 aromatic heterocycles. The van der Waals surface area contributed by atoms with Crippen LogP contribution in [0.25, 0.3) is 6.08 Å². The van der Waals surface area contributed by atoms with Gasteiger partial charge in [0.05, 0.1) is 29.6 Å². The van der Waals surface area contributed by atoms with Crippen LogP contribution >= 0.6 is 0 Å². The smallest absolute Gasteiger partial charge is 0.239 e. The molecule has 3 aliphatic rings. The Morgan fingerprint density at radius 1 is 1.13 bits per heavy atom. The molecule has 4 rings (SSSR count). The molecule has 1 aromatic rings. The lowest BCUT2D eigenvalue weighted by Crippen LogP contribution is -2.44. The Labute approximate surface area is 179 Å². The van der Waals surface area contributed by atoms with Gasteiger partial charge in [-0.05, 0) is 49.4 Å². The van der Waals surface area contributed by atoms with Gasteiger partial charge in [0.25, 0.3) is 0 Å². The van der Waals surface area contributed by atoms with E-state index in [-0.39, 0.29) is 11.5 Å². The fourth-order valence-corrected chi connectivity index (χ4v) is 8.24. The first-order valence-electron chi connectivity index (χ1n) is 10.7. The molecule has 7 nitrogen and oxygen atoms in total. The van der Waals surface area contributed by atoms with Crippen molar-refractivity contribution in [1.29, 1.82) is 0 Å². The summed E-state index contributed by atoms with van der Waals surface area (Å²) in [5, 5.41) is 0. The number of ether oxygens (including phenoxy) is 1. The minimum atomic E-state index is -3.72. The van der Waals surface area contributed by atoms with Crippen molar-refractivity contribution in [2.24, 2.45) is 0 Å². The third-order valence-corrected chi connectivity index (χ3v) is 10.1. The lowest BCUT2D eigenvalue weighted by molar-refractivity contribution is 0.0367. The fraction of sp³-hybridized carbons (Fsp3) is 0.619. The Morgan fingerprint density at radius 3 is 2.63 bits per heavy atom. The monoisotopic (exact) mass is 454 g/mol. The second-order valence-electron chi connectivity index (χ2n) is 8.29. The summed E-state index contributed by atoms with van der Waals surface area (Å²) in [6.07, 6.45) is 3.97. The topological polar surface area (TPSA) is 84.0 Å². The predicted octanol–water partition coefficient (Wildman–Crippen LogP) is 1.51. The van der Waals surface area contributed by atoms with E-state index in [1.165, 1.54) is 4.31 Å². The van der Waals surface area contributed by atoms with Crippen LogP contribution in [0, 0.1) is 0 Å². The Morgan fingerprint density at radius 2 is 1.90 bits per heavy atom. The lowest BCUT2D eigenvalue weighted by atomic mass is 9.98. The molecule has 0 N–H and O–H groups in total. The van der Waals surface area contributed by atoms with Gasteiger partial charge in [-0.2, -0.15) is 4.31 Å². The first kappa shape index (κ1) is 22.0. The second kappa shape index (κ2) is 9.08. The Hall–Kier alpha value is -1.26. The van der Waals surface area contributed by atoms with Crippen molar-refractivity contribution >= 4 is 25.9 Å². The van der Waals surface area contributed by atoms with Crippen molar-refractivity contribution in [2.45, 2.75) is 31.7 Å². The summed E-state index contributed by atoms with van der Waals surface area (Å²) in [7, 11) is -6.89. The normalized spacial score (nSPS) is 24.6. The highest BCUT2D eigenvalue weighted by Gasteiger charge is 2.39. The van der Waals surface area contributed by atoms with Crippen LogP contribution in [-0.2, 0) is 31.0 Å². The molecule has 2 aliphatic heterocycles. The van der Waals surface area contributed by atoms with E-state index in [0.29, 0.717) is 50.3 Å². The highest BCUT2D eigenvalue weighted by Crippen LogP contribution is 2.32. The van der Waals surface area contributed by atoms with Gasteiger partial charge in [0.1, 0.15) is 0 Å². The van der Waals surface area contributed by atoms with Gasteiger partial charge in [0, 0.05) is 25.7 Å². The van der Waals surface area contributed by atoms with Crippen molar-refractivity contribution in [2.75, 3.05) is 50.9 Å². The summed E-state index contributed by atoms with van der Waals surface area (Å²) in [4.78, 5) is 2.67. The lowest BCUT2D eigenvalue weighted by Gasteiger charge is -2.31. The molecule has 0 saturated carbocycles. The number of sulfone groups is 1. The number of nitrogens with zero attached hydrogens (tertiary/aromatic N) is 2. The molecular weight excluding hydrogens is 424 g/mol. The minimum absolute atomic E-state index is 0.0645. The predicted molar refractivity (Wildman–Crippen MR) is 117 cm³/mol. The highest BCUT2D eigenvalue weighted by atomic mass is 32.2. The van der Waals surface area contributed by atoms with E-state index < -0.39 is 25.9 Å². The molecule has 1 aromatic carbocycles. The van der Waals surface area contributed by atoms with Gasteiger partial charge in [-0.15, -0.1) is 0 Å². The average Bonchev–Trinajstić information content (AvgIpc) is 3.10. The Kier molecular flexibility index (Phi) is 6.64. The van der Waals surface area contributed by atoms with Crippen LogP contribution in [0.3, 0.4) is 0 Å². The molecule has 0 bridgehead atoms. The molecule has 0 amide bonds. The van der Waals surface area contributed by atoms with E-state index >= 15 is 0 Å². The highest BCUT2D eigenvalue weighted by molar-refractivity contribution is 7.93. The number of aryl methyl sites for hydroxylation is 1. The third kappa shape index (κ3) is 4.96. The standard InChI is InChI=1S/C21H30N2O5S2/c24-29(25)15-8-20(17-29)23(10-3-9-22-11-13-28-14-12-22)30(26,27)21-7-6-18-4-1-2-5-19(18)16-21/h1-2,4-5,16,20H,3,6-15,17H2. The van der Waals surface area contributed by atoms with Gasteiger partial charge in [0.2, 0.25) is 10.0 Å². The zero-order chi connectivity index (χ0) is 21.2. The van der Waals surface area contributed by atoms with Crippen molar-refractivity contribution < 1.29 is 21.6 Å². The summed E-state index contributed by atoms with van der Waals surface area (Å²) in [5.41, 5.74) is 2.09. The summed E-state index contributed by atoms with van der Waals surface area (Å²) in [6.45, 7) is 4.25. The molecule has 2 saturated heterocycles. The first-order chi connectivity index (χ1) is 14.4. The molecule has 2 fully saturated rings. The van der Waals surface area contributed by atoms with E-state index in [1.807, 2.05) is 24.3 Å². The zero-order valence-electron chi connectivity index (χ0n) is 17.2. The maximum Gasteiger partial charge on any atom is 0.239 e. The summed E-state index contributed by atoms with van der Waals surface area (Å²) in [5.74, 6) is -0.0112. The Balaban J connectivity index is 1.54. The fourth-order valence-electron chi connectivity index (χ4n) is 4.54. The minimum Gasteiger partial charge on any atom is -0.379 e. The maximum absolute atomic E-state index is 13.6. The second-order valence-corrected chi connectivity index (χ2v) is 12.5. The summed E-state index contributed by atoms with van der Waals surface area (Å²) in [6, 6.07) is 7.37. The number of benzene rings is 1. The molecular formula is C21H30N2O5S2. The molecule has 166 valence electrons. The van der Waals surface area contributed by atoms with Crippen LogP contribution in [0.4, 0.5) is 0 Å². The molecule has 1 atom stereocenters. The number of allylic oxidation sites excluding steroid dienone is 1. The molecule has 1 unspecified atom stereocenters. The van der Waals surface area contributed by atoms with Crippen LogP contribution in [0.15, 0.2) is 29.2 Å². The van der Waals surface area contributed by atoms with Crippen LogP contribution in [-0.4, -0.2) is 83.0 Å². The largest absolute Gasteiger partial charge is 0.379 e. The van der Waals surface area contributed by atoms with Crippen LogP contribution in [0.1, 0.15) is 30.4 Å². The number of fused-ring (bicyclic) bond motifs is 1. The van der Waals surface area contributed by atoms with E-state index in [0.717, 1.165) is 30.8 Å². The van der Waals surface area contributed by atoms with Crippen molar-refractivity contribution in [3.63, 3.8) is 0 Å². The summed E-state index contributed by atoms with van der Waals surface area (Å²) < 4.78 is 58.2. The van der Waals surface area contributed by atoms with Crippen LogP contribution < -0.4 is 0 Å². The first-order valence-corrected chi connectivity index (χ1v) is 13.9.